The molecule has 0 saturated heterocycles. The summed E-state index contributed by atoms with van der Waals surface area (Å²) in [4.78, 5) is 24.0. The maximum Gasteiger partial charge on any atom is 0.342 e. The highest BCUT2D eigenvalue weighted by molar-refractivity contribution is 6.10. The Kier molecular flexibility index (Phi) is 5.02. The number of fused-ring (bicyclic) bond motifs is 1. The average Bonchev–Trinajstić information content (AvgIpc) is 3.12. The Hall–Kier alpha value is -4.00. The van der Waals surface area contributed by atoms with Crippen LogP contribution in [0.1, 0.15) is 17.3 Å². The molecule has 0 spiro atoms. The van der Waals surface area contributed by atoms with E-state index >= 15 is 0 Å². The molecule has 6 nitrogen and oxygen atoms in total. The number of halogens is 1. The van der Waals surface area contributed by atoms with Crippen molar-refractivity contribution in [3.8, 4) is 22.5 Å². The number of rotatable bonds is 5. The van der Waals surface area contributed by atoms with E-state index < -0.39 is 16.7 Å². The molecular formula is C23H16FNO5. The average molecular weight is 405 g/mol. The van der Waals surface area contributed by atoms with Crippen molar-refractivity contribution in [3.63, 3.8) is 0 Å². The molecule has 150 valence electrons. The fraction of sp³-hybridized carbons (Fsp3) is 0.0870. The van der Waals surface area contributed by atoms with E-state index in [0.29, 0.717) is 22.1 Å². The predicted octanol–water partition coefficient (Wildman–Crippen LogP) is 5.99. The van der Waals surface area contributed by atoms with Crippen LogP contribution in [0.25, 0.3) is 33.4 Å². The maximum absolute atomic E-state index is 13.4. The van der Waals surface area contributed by atoms with Gasteiger partial charge in [0.05, 0.1) is 23.2 Å². The summed E-state index contributed by atoms with van der Waals surface area (Å²) in [6, 6.07) is 17.2. The van der Waals surface area contributed by atoms with E-state index in [-0.39, 0.29) is 29.2 Å². The van der Waals surface area contributed by atoms with Gasteiger partial charge >= 0.3 is 5.97 Å². The van der Waals surface area contributed by atoms with Crippen molar-refractivity contribution in [2.24, 2.45) is 0 Å². The molecule has 0 fully saturated rings. The summed E-state index contributed by atoms with van der Waals surface area (Å²) < 4.78 is 24.4. The van der Waals surface area contributed by atoms with Gasteiger partial charge in [-0.25, -0.2) is 9.18 Å². The summed E-state index contributed by atoms with van der Waals surface area (Å²) in [7, 11) is 0. The largest absolute Gasteiger partial charge is 0.462 e. The number of nitro groups is 1. The standard InChI is InChI=1S/C23H16FNO5/c1-2-29-23(26)21-18-12-17(14-6-4-3-5-7-14)19(25(27)28)13-20(18)30-22(21)15-8-10-16(24)11-9-15/h3-13H,2H2,1H3. The van der Waals surface area contributed by atoms with Crippen LogP contribution in [0, 0.1) is 15.9 Å². The third-order valence-corrected chi connectivity index (χ3v) is 4.67. The van der Waals surface area contributed by atoms with Crippen molar-refractivity contribution in [3.05, 3.63) is 88.2 Å². The molecule has 0 N–H and O–H groups in total. The molecule has 0 aliphatic heterocycles. The van der Waals surface area contributed by atoms with Gasteiger partial charge in [0, 0.05) is 10.9 Å². The van der Waals surface area contributed by atoms with E-state index in [1.54, 1.807) is 37.3 Å². The zero-order chi connectivity index (χ0) is 21.3. The third kappa shape index (κ3) is 3.41. The van der Waals surface area contributed by atoms with E-state index in [1.807, 2.05) is 6.07 Å². The molecule has 0 unspecified atom stereocenters. The van der Waals surface area contributed by atoms with Crippen LogP contribution in [0.3, 0.4) is 0 Å². The second kappa shape index (κ2) is 7.79. The van der Waals surface area contributed by atoms with Gasteiger partial charge in [0.1, 0.15) is 22.7 Å². The molecule has 0 amide bonds. The molecule has 0 bridgehead atoms. The first kappa shape index (κ1) is 19.3. The minimum atomic E-state index is -0.622. The highest BCUT2D eigenvalue weighted by Crippen LogP contribution is 2.40. The number of hydrogen-bond donors (Lipinski definition) is 0. The Morgan fingerprint density at radius 3 is 2.40 bits per heavy atom. The van der Waals surface area contributed by atoms with Crippen LogP contribution in [0.2, 0.25) is 0 Å². The summed E-state index contributed by atoms with van der Waals surface area (Å²) in [6.07, 6.45) is 0. The molecule has 4 rings (SSSR count). The van der Waals surface area contributed by atoms with Crippen molar-refractivity contribution in [1.29, 1.82) is 0 Å². The van der Waals surface area contributed by atoms with Gasteiger partial charge in [-0.15, -0.1) is 0 Å². The molecule has 0 aliphatic rings. The SMILES string of the molecule is CCOC(=O)c1c(-c2ccc(F)cc2)oc2cc([N+](=O)[O-])c(-c3ccccc3)cc12. The molecule has 0 radical (unpaired) electrons. The number of nitrogens with zero attached hydrogens (tertiary/aromatic N) is 1. The van der Waals surface area contributed by atoms with Crippen molar-refractivity contribution >= 4 is 22.6 Å². The van der Waals surface area contributed by atoms with Crippen LogP contribution in [0.4, 0.5) is 10.1 Å². The van der Waals surface area contributed by atoms with E-state index in [1.165, 1.54) is 30.3 Å². The monoisotopic (exact) mass is 405 g/mol. The molecular weight excluding hydrogens is 389 g/mol. The topological polar surface area (TPSA) is 82.6 Å². The van der Waals surface area contributed by atoms with Crippen molar-refractivity contribution in [1.82, 2.24) is 0 Å². The molecule has 1 heterocycles. The highest BCUT2D eigenvalue weighted by atomic mass is 19.1. The normalized spacial score (nSPS) is 10.9. The van der Waals surface area contributed by atoms with E-state index in [9.17, 15) is 19.3 Å². The van der Waals surface area contributed by atoms with Crippen LogP contribution < -0.4 is 0 Å². The van der Waals surface area contributed by atoms with Crippen molar-refractivity contribution < 1.29 is 23.3 Å². The summed E-state index contributed by atoms with van der Waals surface area (Å²) in [5.41, 5.74) is 1.60. The number of benzene rings is 3. The quantitative estimate of drug-likeness (QED) is 0.231. The van der Waals surface area contributed by atoms with Crippen LogP contribution in [0.15, 0.2) is 71.1 Å². The second-order valence-electron chi connectivity index (χ2n) is 6.52. The third-order valence-electron chi connectivity index (χ3n) is 4.67. The maximum atomic E-state index is 13.4. The van der Waals surface area contributed by atoms with Crippen molar-refractivity contribution in [2.75, 3.05) is 6.61 Å². The molecule has 3 aromatic carbocycles. The Labute approximate surface area is 170 Å². The minimum Gasteiger partial charge on any atom is -0.462 e. The number of nitro benzene ring substituents is 1. The van der Waals surface area contributed by atoms with Crippen LogP contribution in [-0.2, 0) is 4.74 Å². The lowest BCUT2D eigenvalue weighted by Gasteiger charge is -2.05. The number of esters is 1. The first-order valence-electron chi connectivity index (χ1n) is 9.23. The molecule has 7 heteroatoms. The molecule has 1 aromatic heterocycles. The zero-order valence-corrected chi connectivity index (χ0v) is 15.9. The number of hydrogen-bond acceptors (Lipinski definition) is 5. The van der Waals surface area contributed by atoms with E-state index in [2.05, 4.69) is 0 Å². The van der Waals surface area contributed by atoms with Gasteiger partial charge in [0.25, 0.3) is 5.69 Å². The second-order valence-corrected chi connectivity index (χ2v) is 6.52. The molecule has 4 aromatic rings. The molecule has 0 atom stereocenters. The number of carbonyl (C=O) groups excluding carboxylic acids is 1. The summed E-state index contributed by atoms with van der Waals surface area (Å²) in [5.74, 6) is -0.888. The van der Waals surface area contributed by atoms with Gasteiger partial charge in [0.2, 0.25) is 0 Å². The van der Waals surface area contributed by atoms with Crippen LogP contribution >= 0.6 is 0 Å². The summed E-state index contributed by atoms with van der Waals surface area (Å²) in [5, 5.41) is 12.1. The van der Waals surface area contributed by atoms with E-state index in [4.69, 9.17) is 9.15 Å². The Bertz CT molecular complexity index is 1250. The zero-order valence-electron chi connectivity index (χ0n) is 15.9. The van der Waals surface area contributed by atoms with Gasteiger partial charge in [-0.1, -0.05) is 30.3 Å². The van der Waals surface area contributed by atoms with E-state index in [0.717, 1.165) is 0 Å². The minimum absolute atomic E-state index is 0.144. The van der Waals surface area contributed by atoms with Crippen LogP contribution in [-0.4, -0.2) is 17.5 Å². The molecule has 0 saturated carbocycles. The van der Waals surface area contributed by atoms with Gasteiger partial charge in [-0.3, -0.25) is 10.1 Å². The number of ether oxygens (including phenoxy) is 1. The first-order chi connectivity index (χ1) is 14.5. The van der Waals surface area contributed by atoms with Gasteiger partial charge in [-0.2, -0.15) is 0 Å². The van der Waals surface area contributed by atoms with Crippen LogP contribution in [0.5, 0.6) is 0 Å². The summed E-state index contributed by atoms with van der Waals surface area (Å²) >= 11 is 0. The lowest BCUT2D eigenvalue weighted by molar-refractivity contribution is -0.384. The van der Waals surface area contributed by atoms with Gasteiger partial charge in [-0.05, 0) is 42.8 Å². The predicted molar refractivity (Wildman–Crippen MR) is 110 cm³/mol. The lowest BCUT2D eigenvalue weighted by atomic mass is 9.99. The fourth-order valence-corrected chi connectivity index (χ4v) is 3.34. The lowest BCUT2D eigenvalue weighted by Crippen LogP contribution is -2.05. The Morgan fingerprint density at radius 1 is 1.07 bits per heavy atom. The van der Waals surface area contributed by atoms with Crippen molar-refractivity contribution in [2.45, 2.75) is 6.92 Å². The fourth-order valence-electron chi connectivity index (χ4n) is 3.34. The number of carbonyl (C=O) groups is 1. The Balaban J connectivity index is 2.04. The smallest absolute Gasteiger partial charge is 0.342 e. The number of furan rings is 1. The molecule has 0 aliphatic carbocycles. The molecule has 30 heavy (non-hydrogen) atoms. The first-order valence-corrected chi connectivity index (χ1v) is 9.23. The van der Waals surface area contributed by atoms with Gasteiger partial charge in [0.15, 0.2) is 0 Å². The van der Waals surface area contributed by atoms with Gasteiger partial charge < -0.3 is 9.15 Å². The summed E-state index contributed by atoms with van der Waals surface area (Å²) in [6.45, 7) is 1.82. The Morgan fingerprint density at radius 2 is 1.77 bits per heavy atom. The highest BCUT2D eigenvalue weighted by Gasteiger charge is 2.27.